The van der Waals surface area contributed by atoms with E-state index >= 15 is 0 Å². The van der Waals surface area contributed by atoms with Crippen LogP contribution in [0.25, 0.3) is 10.6 Å². The van der Waals surface area contributed by atoms with Gasteiger partial charge in [-0.1, -0.05) is 6.07 Å². The molecule has 0 saturated carbocycles. The Morgan fingerprint density at radius 1 is 1.12 bits per heavy atom. The third-order valence-corrected chi connectivity index (χ3v) is 4.97. The highest BCUT2D eigenvalue weighted by Gasteiger charge is 2.08. The Hall–Kier alpha value is -2.77. The zero-order valence-electron chi connectivity index (χ0n) is 12.5. The van der Waals surface area contributed by atoms with E-state index in [0.29, 0.717) is 0 Å². The van der Waals surface area contributed by atoms with Gasteiger partial charge in [0.25, 0.3) is 0 Å². The first kappa shape index (κ1) is 14.8. The van der Waals surface area contributed by atoms with Crippen molar-refractivity contribution in [3.05, 3.63) is 76.2 Å². The Kier molecular flexibility index (Phi) is 4.18. The van der Waals surface area contributed by atoms with Gasteiger partial charge < -0.3 is 4.98 Å². The number of hydrogen-bond donors (Lipinski definition) is 1. The Balaban J connectivity index is 1.84. The van der Waals surface area contributed by atoms with Gasteiger partial charge in [-0.15, -0.1) is 22.7 Å². The number of rotatable bonds is 4. The largest absolute Gasteiger partial charge is 0.360 e. The summed E-state index contributed by atoms with van der Waals surface area (Å²) < 4.78 is 1.87. The second kappa shape index (κ2) is 6.77. The second-order valence-electron chi connectivity index (χ2n) is 4.89. The molecule has 0 amide bonds. The number of hydrogen-bond acceptors (Lipinski definition) is 5. The maximum absolute atomic E-state index is 4.67. The van der Waals surface area contributed by atoms with E-state index < -0.39 is 0 Å². The van der Waals surface area contributed by atoms with Gasteiger partial charge in [0.1, 0.15) is 0 Å². The van der Waals surface area contributed by atoms with E-state index in [1.807, 2.05) is 41.2 Å². The molecule has 5 nitrogen and oxygen atoms in total. The van der Waals surface area contributed by atoms with Crippen molar-refractivity contribution in [3.63, 3.8) is 0 Å². The maximum atomic E-state index is 4.67. The molecular weight excluding hydrogens is 338 g/mol. The van der Waals surface area contributed by atoms with Crippen LogP contribution in [0.15, 0.2) is 75.8 Å². The Labute approximate surface area is 146 Å². The van der Waals surface area contributed by atoms with Gasteiger partial charge in [-0.3, -0.25) is 4.98 Å². The zero-order valence-corrected chi connectivity index (χ0v) is 14.2. The van der Waals surface area contributed by atoms with E-state index in [0.717, 1.165) is 26.8 Å². The fourth-order valence-electron chi connectivity index (χ4n) is 2.16. The summed E-state index contributed by atoms with van der Waals surface area (Å²) in [6.07, 6.45) is 7.15. The number of thiazole rings is 1. The molecule has 0 aromatic carbocycles. The molecule has 4 heterocycles. The van der Waals surface area contributed by atoms with Crippen molar-refractivity contribution in [2.24, 2.45) is 10.1 Å². The summed E-state index contributed by atoms with van der Waals surface area (Å²) in [5, 5.41) is 8.76. The Morgan fingerprint density at radius 3 is 2.88 bits per heavy atom. The minimum Gasteiger partial charge on any atom is -0.360 e. The van der Waals surface area contributed by atoms with Crippen LogP contribution in [-0.2, 0) is 0 Å². The van der Waals surface area contributed by atoms with Gasteiger partial charge in [0.15, 0.2) is 0 Å². The fourth-order valence-corrected chi connectivity index (χ4v) is 3.81. The summed E-state index contributed by atoms with van der Waals surface area (Å²) in [4.78, 5) is 13.9. The number of thiophene rings is 1. The number of nitrogens with zero attached hydrogens (tertiary/aromatic N) is 4. The molecular formula is C17H13N5S2. The number of aromatic nitrogens is 3. The summed E-state index contributed by atoms with van der Waals surface area (Å²) in [6, 6.07) is 11.8. The van der Waals surface area contributed by atoms with Crippen LogP contribution in [0.1, 0.15) is 5.69 Å². The highest BCUT2D eigenvalue weighted by atomic mass is 32.1. The van der Waals surface area contributed by atoms with Gasteiger partial charge >= 0.3 is 0 Å². The van der Waals surface area contributed by atoms with Crippen molar-refractivity contribution in [3.8, 4) is 10.6 Å². The molecule has 4 aromatic heterocycles. The average Bonchev–Trinajstić information content (AvgIpc) is 3.36. The third kappa shape index (κ3) is 3.12. The van der Waals surface area contributed by atoms with Gasteiger partial charge in [-0.25, -0.2) is 9.67 Å². The molecule has 0 saturated heterocycles. The van der Waals surface area contributed by atoms with Crippen LogP contribution < -0.4 is 4.80 Å². The zero-order chi connectivity index (χ0) is 16.2. The Morgan fingerprint density at radius 2 is 2.12 bits per heavy atom. The molecule has 0 unspecified atom stereocenters. The third-order valence-electron chi connectivity index (χ3n) is 3.26. The molecule has 118 valence electrons. The molecule has 0 atom stereocenters. The first-order chi connectivity index (χ1) is 11.9. The number of aromatic amines is 1. The molecule has 7 heteroatoms. The second-order valence-corrected chi connectivity index (χ2v) is 6.67. The first-order valence-corrected chi connectivity index (χ1v) is 9.03. The van der Waals surface area contributed by atoms with Gasteiger partial charge in [-0.2, -0.15) is 5.10 Å². The summed E-state index contributed by atoms with van der Waals surface area (Å²) >= 11 is 3.24. The van der Waals surface area contributed by atoms with Crippen LogP contribution in [0.2, 0.25) is 0 Å². The average molecular weight is 351 g/mol. The van der Waals surface area contributed by atoms with E-state index in [1.54, 1.807) is 41.3 Å². The standard InChI is InChI=1S/C17H13N5S2/c1-5-14(10-18-7-1)21-17-22(20-11-13-4-2-8-19-13)15(12-24-17)16-6-3-9-23-16/h1-12,19H. The lowest BCUT2D eigenvalue weighted by Crippen LogP contribution is -2.11. The lowest BCUT2D eigenvalue weighted by Gasteiger charge is -2.00. The van der Waals surface area contributed by atoms with Crippen molar-refractivity contribution in [2.45, 2.75) is 0 Å². The fraction of sp³-hybridized carbons (Fsp3) is 0. The van der Waals surface area contributed by atoms with E-state index in [1.165, 1.54) is 0 Å². The molecule has 1 N–H and O–H groups in total. The van der Waals surface area contributed by atoms with Crippen molar-refractivity contribution >= 4 is 34.6 Å². The lowest BCUT2D eigenvalue weighted by molar-refractivity contribution is 0.855. The summed E-state index contributed by atoms with van der Waals surface area (Å²) in [7, 11) is 0. The number of H-pyrrole nitrogens is 1. The number of nitrogens with one attached hydrogen (secondary N) is 1. The van der Waals surface area contributed by atoms with Crippen molar-refractivity contribution in [1.82, 2.24) is 14.6 Å². The molecule has 4 rings (SSSR count). The van der Waals surface area contributed by atoms with Crippen LogP contribution in [0, 0.1) is 0 Å². The Bertz CT molecular complexity index is 993. The van der Waals surface area contributed by atoms with Crippen LogP contribution in [0.5, 0.6) is 0 Å². The van der Waals surface area contributed by atoms with E-state index in [2.05, 4.69) is 36.9 Å². The van der Waals surface area contributed by atoms with Gasteiger partial charge in [-0.05, 0) is 35.7 Å². The van der Waals surface area contributed by atoms with E-state index in [4.69, 9.17) is 0 Å². The maximum Gasteiger partial charge on any atom is 0.211 e. The molecule has 0 radical (unpaired) electrons. The van der Waals surface area contributed by atoms with E-state index in [9.17, 15) is 0 Å². The van der Waals surface area contributed by atoms with Crippen LogP contribution in [-0.4, -0.2) is 20.9 Å². The topological polar surface area (TPSA) is 58.3 Å². The predicted octanol–water partition coefficient (Wildman–Crippen LogP) is 4.12. The molecule has 24 heavy (non-hydrogen) atoms. The molecule has 0 aliphatic rings. The van der Waals surface area contributed by atoms with Crippen molar-refractivity contribution in [1.29, 1.82) is 0 Å². The first-order valence-electron chi connectivity index (χ1n) is 7.27. The van der Waals surface area contributed by atoms with Crippen molar-refractivity contribution < 1.29 is 0 Å². The van der Waals surface area contributed by atoms with Crippen LogP contribution in [0.3, 0.4) is 0 Å². The molecule has 0 bridgehead atoms. The molecule has 4 aromatic rings. The van der Waals surface area contributed by atoms with Crippen molar-refractivity contribution in [2.75, 3.05) is 0 Å². The lowest BCUT2D eigenvalue weighted by atomic mass is 10.4. The predicted molar refractivity (Wildman–Crippen MR) is 98.9 cm³/mol. The van der Waals surface area contributed by atoms with Crippen LogP contribution in [0.4, 0.5) is 5.69 Å². The number of pyridine rings is 1. The highest BCUT2D eigenvalue weighted by molar-refractivity contribution is 7.14. The molecule has 0 fully saturated rings. The molecule has 0 aliphatic heterocycles. The van der Waals surface area contributed by atoms with Gasteiger partial charge in [0.2, 0.25) is 4.80 Å². The van der Waals surface area contributed by atoms with Gasteiger partial charge in [0.05, 0.1) is 34.4 Å². The molecule has 0 aliphatic carbocycles. The highest BCUT2D eigenvalue weighted by Crippen LogP contribution is 2.25. The SMILES string of the molecule is C(=Nn1c(-c2cccs2)csc1=Nc1cccnc1)c1ccc[nH]1. The van der Waals surface area contributed by atoms with Gasteiger partial charge in [0, 0.05) is 17.8 Å². The quantitative estimate of drug-likeness (QED) is 0.553. The smallest absolute Gasteiger partial charge is 0.211 e. The summed E-state index contributed by atoms with van der Waals surface area (Å²) in [6.45, 7) is 0. The summed E-state index contributed by atoms with van der Waals surface area (Å²) in [5.41, 5.74) is 2.78. The normalized spacial score (nSPS) is 12.2. The monoisotopic (exact) mass is 351 g/mol. The van der Waals surface area contributed by atoms with E-state index in [-0.39, 0.29) is 0 Å². The molecule has 0 spiro atoms. The summed E-state index contributed by atoms with van der Waals surface area (Å²) in [5.74, 6) is 0. The minimum atomic E-state index is 0.800. The minimum absolute atomic E-state index is 0.800. The van der Waals surface area contributed by atoms with Crippen LogP contribution >= 0.6 is 22.7 Å².